The number of carboxylic acids is 1. The van der Waals surface area contributed by atoms with Crippen LogP contribution in [0.3, 0.4) is 0 Å². The van der Waals surface area contributed by atoms with Crippen molar-refractivity contribution in [3.05, 3.63) is 41.5 Å². The number of carbonyl (C=O) groups is 1. The largest absolute Gasteiger partial charge is 0.481 e. The van der Waals surface area contributed by atoms with Gasteiger partial charge in [0.1, 0.15) is 0 Å². The van der Waals surface area contributed by atoms with Crippen LogP contribution in [0.15, 0.2) is 24.3 Å². The van der Waals surface area contributed by atoms with Gasteiger partial charge in [0.05, 0.1) is 6.42 Å². The summed E-state index contributed by atoms with van der Waals surface area (Å²) in [4.78, 5) is 10.1. The average Bonchev–Trinajstić information content (AvgIpc) is 2.12. The summed E-state index contributed by atoms with van der Waals surface area (Å²) in [5.74, 6) is -2.92. The second kappa shape index (κ2) is 4.50. The lowest BCUT2D eigenvalue weighted by Gasteiger charge is -1.96. The van der Waals surface area contributed by atoms with Gasteiger partial charge in [-0.3, -0.25) is 4.79 Å². The molecule has 0 aromatic heterocycles. The minimum Gasteiger partial charge on any atom is -0.481 e. The third-order valence-electron chi connectivity index (χ3n) is 1.57. The summed E-state index contributed by atoms with van der Waals surface area (Å²) in [6.07, 6.45) is 2.29. The van der Waals surface area contributed by atoms with E-state index >= 15 is 0 Å². The summed E-state index contributed by atoms with van der Waals surface area (Å²) in [5.41, 5.74) is 0.0475. The zero-order valence-electron chi connectivity index (χ0n) is 7.21. The Hall–Kier alpha value is -1.71. The van der Waals surface area contributed by atoms with Crippen molar-refractivity contribution in [3.8, 4) is 0 Å². The predicted molar refractivity (Wildman–Crippen MR) is 47.6 cm³/mol. The van der Waals surface area contributed by atoms with Gasteiger partial charge in [-0.2, -0.15) is 0 Å². The topological polar surface area (TPSA) is 37.3 Å². The lowest BCUT2D eigenvalue weighted by molar-refractivity contribution is -0.135. The van der Waals surface area contributed by atoms with Gasteiger partial charge in [-0.25, -0.2) is 8.78 Å². The molecule has 14 heavy (non-hydrogen) atoms. The molecule has 0 aliphatic carbocycles. The van der Waals surface area contributed by atoms with E-state index in [1.165, 1.54) is 24.3 Å². The van der Waals surface area contributed by atoms with Crippen LogP contribution in [0.25, 0.3) is 6.08 Å². The number of rotatable bonds is 3. The highest BCUT2D eigenvalue weighted by atomic mass is 19.2. The van der Waals surface area contributed by atoms with E-state index in [1.54, 1.807) is 0 Å². The Morgan fingerprint density at radius 1 is 1.43 bits per heavy atom. The first kappa shape index (κ1) is 10.4. The fourth-order valence-electron chi connectivity index (χ4n) is 0.936. The van der Waals surface area contributed by atoms with Gasteiger partial charge >= 0.3 is 5.97 Å². The Balaban J connectivity index is 2.81. The summed E-state index contributed by atoms with van der Waals surface area (Å²) >= 11 is 0. The Bertz CT molecular complexity index is 372. The number of carboxylic acid groups (broad SMARTS) is 1. The van der Waals surface area contributed by atoms with Gasteiger partial charge in [-0.05, 0) is 6.07 Å². The molecule has 0 aliphatic heterocycles. The first-order valence-corrected chi connectivity index (χ1v) is 3.93. The lowest BCUT2D eigenvalue weighted by atomic mass is 10.2. The molecular formula is C10H8F2O2. The van der Waals surface area contributed by atoms with E-state index in [4.69, 9.17) is 5.11 Å². The SMILES string of the molecule is O=C(O)CC=Cc1cccc(F)c1F. The van der Waals surface area contributed by atoms with E-state index in [9.17, 15) is 13.6 Å². The van der Waals surface area contributed by atoms with Crippen molar-refractivity contribution in [1.29, 1.82) is 0 Å². The molecular weight excluding hydrogens is 190 g/mol. The van der Waals surface area contributed by atoms with E-state index in [0.29, 0.717) is 0 Å². The zero-order chi connectivity index (χ0) is 10.6. The van der Waals surface area contributed by atoms with Crippen molar-refractivity contribution in [1.82, 2.24) is 0 Å². The molecule has 0 aliphatic rings. The van der Waals surface area contributed by atoms with Gasteiger partial charge in [-0.15, -0.1) is 0 Å². The third-order valence-corrected chi connectivity index (χ3v) is 1.57. The molecule has 1 aromatic carbocycles. The van der Waals surface area contributed by atoms with E-state index in [2.05, 4.69) is 0 Å². The molecule has 0 spiro atoms. The fourth-order valence-corrected chi connectivity index (χ4v) is 0.936. The molecule has 0 heterocycles. The summed E-state index contributed by atoms with van der Waals surface area (Å²) in [5, 5.41) is 8.30. The van der Waals surface area contributed by atoms with Gasteiger partial charge in [0.15, 0.2) is 11.6 Å². The number of aliphatic carboxylic acids is 1. The molecule has 0 fully saturated rings. The van der Waals surface area contributed by atoms with Gasteiger partial charge < -0.3 is 5.11 Å². The highest BCUT2D eigenvalue weighted by Crippen LogP contribution is 2.12. The molecule has 1 aromatic rings. The molecule has 4 heteroatoms. The minimum atomic E-state index is -1.02. The molecule has 74 valence electrons. The highest BCUT2D eigenvalue weighted by molar-refractivity contribution is 5.70. The predicted octanol–water partition coefficient (Wildman–Crippen LogP) is 2.45. The maximum absolute atomic E-state index is 13.0. The molecule has 0 unspecified atom stereocenters. The average molecular weight is 198 g/mol. The van der Waals surface area contributed by atoms with Crippen molar-refractivity contribution in [2.45, 2.75) is 6.42 Å². The fraction of sp³-hybridized carbons (Fsp3) is 0.100. The third kappa shape index (κ3) is 2.65. The summed E-state index contributed by atoms with van der Waals surface area (Å²) < 4.78 is 25.6. The van der Waals surface area contributed by atoms with Gasteiger partial charge in [0, 0.05) is 5.56 Å². The molecule has 1 N–H and O–H groups in total. The van der Waals surface area contributed by atoms with Crippen LogP contribution in [0.1, 0.15) is 12.0 Å². The van der Waals surface area contributed by atoms with Crippen molar-refractivity contribution in [2.24, 2.45) is 0 Å². The number of hydrogen-bond donors (Lipinski definition) is 1. The van der Waals surface area contributed by atoms with Crippen molar-refractivity contribution < 1.29 is 18.7 Å². The van der Waals surface area contributed by atoms with E-state index in [-0.39, 0.29) is 12.0 Å². The van der Waals surface area contributed by atoms with Crippen LogP contribution in [-0.4, -0.2) is 11.1 Å². The summed E-state index contributed by atoms with van der Waals surface area (Å²) in [6.45, 7) is 0. The van der Waals surface area contributed by atoms with Gasteiger partial charge in [0.25, 0.3) is 0 Å². The molecule has 0 saturated heterocycles. The molecule has 0 saturated carbocycles. The molecule has 2 nitrogen and oxygen atoms in total. The first-order valence-electron chi connectivity index (χ1n) is 3.93. The molecule has 0 radical (unpaired) electrons. The zero-order valence-corrected chi connectivity index (χ0v) is 7.21. The Morgan fingerprint density at radius 3 is 2.79 bits per heavy atom. The van der Waals surface area contributed by atoms with Crippen molar-refractivity contribution >= 4 is 12.0 Å². The van der Waals surface area contributed by atoms with Crippen LogP contribution >= 0.6 is 0 Å². The Labute approximate surface area is 79.5 Å². The number of benzene rings is 1. The molecule has 1 rings (SSSR count). The monoisotopic (exact) mass is 198 g/mol. The normalized spacial score (nSPS) is 10.7. The number of hydrogen-bond acceptors (Lipinski definition) is 1. The Morgan fingerprint density at radius 2 is 2.14 bits per heavy atom. The highest BCUT2D eigenvalue weighted by Gasteiger charge is 2.03. The van der Waals surface area contributed by atoms with Crippen LogP contribution in [-0.2, 0) is 4.79 Å². The summed E-state index contributed by atoms with van der Waals surface area (Å²) in [6, 6.07) is 3.74. The Kier molecular flexibility index (Phi) is 3.34. The van der Waals surface area contributed by atoms with Gasteiger partial charge in [0.2, 0.25) is 0 Å². The maximum Gasteiger partial charge on any atom is 0.307 e. The second-order valence-electron chi connectivity index (χ2n) is 2.64. The van der Waals surface area contributed by atoms with Crippen LogP contribution < -0.4 is 0 Å². The standard InChI is InChI=1S/C10H8F2O2/c11-8-5-1-3-7(10(8)12)4-2-6-9(13)14/h1-5H,6H2,(H,13,14). The van der Waals surface area contributed by atoms with Crippen LogP contribution in [0.2, 0.25) is 0 Å². The molecule has 0 amide bonds. The van der Waals surface area contributed by atoms with Crippen molar-refractivity contribution in [2.75, 3.05) is 0 Å². The van der Waals surface area contributed by atoms with Crippen LogP contribution in [0.4, 0.5) is 8.78 Å². The molecule has 0 atom stereocenters. The van der Waals surface area contributed by atoms with Crippen LogP contribution in [0.5, 0.6) is 0 Å². The smallest absolute Gasteiger partial charge is 0.307 e. The van der Waals surface area contributed by atoms with E-state index in [1.807, 2.05) is 0 Å². The molecule has 0 bridgehead atoms. The first-order chi connectivity index (χ1) is 6.61. The lowest BCUT2D eigenvalue weighted by Crippen LogP contribution is -1.91. The van der Waals surface area contributed by atoms with E-state index < -0.39 is 17.6 Å². The minimum absolute atomic E-state index is 0.0475. The van der Waals surface area contributed by atoms with Crippen molar-refractivity contribution in [3.63, 3.8) is 0 Å². The van der Waals surface area contributed by atoms with Gasteiger partial charge in [-0.1, -0.05) is 24.3 Å². The number of halogens is 2. The quantitative estimate of drug-likeness (QED) is 0.809. The second-order valence-corrected chi connectivity index (χ2v) is 2.64. The maximum atomic E-state index is 13.0. The van der Waals surface area contributed by atoms with E-state index in [0.717, 1.165) is 6.07 Å². The summed E-state index contributed by atoms with van der Waals surface area (Å²) in [7, 11) is 0. The van der Waals surface area contributed by atoms with Crippen LogP contribution in [0, 0.1) is 11.6 Å².